The first kappa shape index (κ1) is 18.7. The third kappa shape index (κ3) is 4.25. The second-order valence-corrected chi connectivity index (χ2v) is 7.20. The Balaban J connectivity index is 2.07. The van der Waals surface area contributed by atoms with Crippen molar-refractivity contribution in [2.45, 2.75) is 64.7 Å². The van der Waals surface area contributed by atoms with Crippen molar-refractivity contribution in [2.75, 3.05) is 39.9 Å². The predicted octanol–water partition coefficient (Wildman–Crippen LogP) is 2.50. The van der Waals surface area contributed by atoms with Gasteiger partial charge in [0.05, 0.1) is 13.2 Å². The topological polar surface area (TPSA) is 42.0 Å². The minimum absolute atomic E-state index is 0.264. The van der Waals surface area contributed by atoms with Crippen LogP contribution in [-0.2, 0) is 14.3 Å². The molecule has 0 aromatic rings. The van der Waals surface area contributed by atoms with Gasteiger partial charge in [-0.25, -0.2) is 0 Å². The summed E-state index contributed by atoms with van der Waals surface area (Å²) in [5, 5.41) is 0. The normalized spacial score (nSPS) is 30.6. The first-order valence-corrected chi connectivity index (χ1v) is 9.27. The van der Waals surface area contributed by atoms with Gasteiger partial charge in [-0.05, 0) is 45.2 Å². The standard InChI is InChI=1S/C18H34N2O3/c1-5-11-22-16-14-20(10-12-23-16)17(21)18(13-15(3)6-2)8-7-9-19(18)4/h15-16H,5-14H2,1-4H3. The van der Waals surface area contributed by atoms with Gasteiger partial charge in [0.1, 0.15) is 5.54 Å². The van der Waals surface area contributed by atoms with Crippen LogP contribution < -0.4 is 0 Å². The molecule has 0 saturated carbocycles. The molecule has 0 N–H and O–H groups in total. The molecule has 1 amide bonds. The third-order valence-corrected chi connectivity index (χ3v) is 5.43. The lowest BCUT2D eigenvalue weighted by Gasteiger charge is -2.43. The number of morpholine rings is 1. The van der Waals surface area contributed by atoms with Crippen LogP contribution in [0.2, 0.25) is 0 Å². The average molecular weight is 326 g/mol. The summed E-state index contributed by atoms with van der Waals surface area (Å²) >= 11 is 0. The minimum atomic E-state index is -0.317. The molecular formula is C18H34N2O3. The van der Waals surface area contributed by atoms with E-state index < -0.39 is 0 Å². The Morgan fingerprint density at radius 3 is 2.78 bits per heavy atom. The third-order valence-electron chi connectivity index (χ3n) is 5.43. The number of hydrogen-bond donors (Lipinski definition) is 0. The number of hydrogen-bond acceptors (Lipinski definition) is 4. The van der Waals surface area contributed by atoms with Crippen LogP contribution >= 0.6 is 0 Å². The van der Waals surface area contributed by atoms with Crippen molar-refractivity contribution in [3.8, 4) is 0 Å². The van der Waals surface area contributed by atoms with E-state index in [9.17, 15) is 4.79 Å². The Labute approximate surface area is 141 Å². The number of carbonyl (C=O) groups excluding carboxylic acids is 1. The zero-order chi connectivity index (χ0) is 16.9. The number of ether oxygens (including phenoxy) is 2. The summed E-state index contributed by atoms with van der Waals surface area (Å²) in [6.45, 7) is 10.1. The highest BCUT2D eigenvalue weighted by Gasteiger charge is 2.48. The van der Waals surface area contributed by atoms with Crippen LogP contribution in [0, 0.1) is 5.92 Å². The molecule has 23 heavy (non-hydrogen) atoms. The first-order valence-electron chi connectivity index (χ1n) is 9.27. The molecule has 0 bridgehead atoms. The lowest BCUT2D eigenvalue weighted by atomic mass is 9.83. The van der Waals surface area contributed by atoms with Crippen molar-refractivity contribution in [2.24, 2.45) is 5.92 Å². The Bertz CT molecular complexity index is 390. The molecule has 0 aromatic heterocycles. The summed E-state index contributed by atoms with van der Waals surface area (Å²) in [5.74, 6) is 0.846. The van der Waals surface area contributed by atoms with E-state index in [4.69, 9.17) is 9.47 Å². The van der Waals surface area contributed by atoms with Crippen LogP contribution in [0.3, 0.4) is 0 Å². The molecule has 2 aliphatic rings. The van der Waals surface area contributed by atoms with Gasteiger partial charge < -0.3 is 14.4 Å². The van der Waals surface area contributed by atoms with Crippen LogP contribution in [0.1, 0.15) is 52.9 Å². The molecule has 3 atom stereocenters. The second kappa shape index (κ2) is 8.45. The van der Waals surface area contributed by atoms with Crippen LogP contribution in [0.4, 0.5) is 0 Å². The lowest BCUT2D eigenvalue weighted by Crippen LogP contribution is -2.59. The molecule has 2 rings (SSSR count). The van der Waals surface area contributed by atoms with E-state index in [1.54, 1.807) is 0 Å². The fraction of sp³-hybridized carbons (Fsp3) is 0.944. The maximum Gasteiger partial charge on any atom is 0.243 e. The fourth-order valence-corrected chi connectivity index (χ4v) is 3.80. The first-order chi connectivity index (χ1) is 11.0. The van der Waals surface area contributed by atoms with Gasteiger partial charge >= 0.3 is 0 Å². The van der Waals surface area contributed by atoms with Crippen LogP contribution in [0.15, 0.2) is 0 Å². The highest BCUT2D eigenvalue weighted by molar-refractivity contribution is 5.87. The highest BCUT2D eigenvalue weighted by Crippen LogP contribution is 2.36. The molecule has 2 heterocycles. The molecule has 5 heteroatoms. The van der Waals surface area contributed by atoms with E-state index in [-0.39, 0.29) is 17.7 Å². The number of likely N-dealkylation sites (tertiary alicyclic amines) is 1. The van der Waals surface area contributed by atoms with E-state index in [2.05, 4.69) is 32.7 Å². The summed E-state index contributed by atoms with van der Waals surface area (Å²) in [6.07, 6.45) is 4.86. The van der Waals surface area contributed by atoms with Crippen LogP contribution in [0.5, 0.6) is 0 Å². The summed E-state index contributed by atoms with van der Waals surface area (Å²) in [7, 11) is 2.11. The van der Waals surface area contributed by atoms with Crippen molar-refractivity contribution >= 4 is 5.91 Å². The van der Waals surface area contributed by atoms with E-state index in [0.717, 1.165) is 38.6 Å². The summed E-state index contributed by atoms with van der Waals surface area (Å²) < 4.78 is 11.4. The number of rotatable bonds is 7. The molecule has 0 aromatic carbocycles. The zero-order valence-electron chi connectivity index (χ0n) is 15.3. The largest absolute Gasteiger partial charge is 0.351 e. The van der Waals surface area contributed by atoms with Crippen LogP contribution in [0.25, 0.3) is 0 Å². The van der Waals surface area contributed by atoms with Crippen molar-refractivity contribution in [1.82, 2.24) is 9.80 Å². The van der Waals surface area contributed by atoms with E-state index in [1.807, 2.05) is 4.90 Å². The Hall–Kier alpha value is -0.650. The van der Waals surface area contributed by atoms with E-state index >= 15 is 0 Å². The van der Waals surface area contributed by atoms with Crippen molar-refractivity contribution in [3.05, 3.63) is 0 Å². The second-order valence-electron chi connectivity index (χ2n) is 7.20. The average Bonchev–Trinajstić information content (AvgIpc) is 2.93. The van der Waals surface area contributed by atoms with Crippen molar-refractivity contribution in [3.63, 3.8) is 0 Å². The van der Waals surface area contributed by atoms with E-state index in [0.29, 0.717) is 32.2 Å². The number of nitrogens with zero attached hydrogens (tertiary/aromatic N) is 2. The zero-order valence-corrected chi connectivity index (χ0v) is 15.3. The minimum Gasteiger partial charge on any atom is -0.351 e. The molecule has 2 saturated heterocycles. The lowest BCUT2D eigenvalue weighted by molar-refractivity contribution is -0.190. The quantitative estimate of drug-likeness (QED) is 0.721. The van der Waals surface area contributed by atoms with Gasteiger partial charge in [-0.1, -0.05) is 27.2 Å². The molecule has 2 aliphatic heterocycles. The Morgan fingerprint density at radius 1 is 1.39 bits per heavy atom. The number of carbonyl (C=O) groups is 1. The van der Waals surface area contributed by atoms with Crippen molar-refractivity contribution in [1.29, 1.82) is 0 Å². The Kier molecular flexibility index (Phi) is 6.86. The molecule has 0 aliphatic carbocycles. The molecule has 5 nitrogen and oxygen atoms in total. The van der Waals surface area contributed by atoms with Gasteiger partial charge in [-0.3, -0.25) is 9.69 Å². The van der Waals surface area contributed by atoms with Gasteiger partial charge in [0, 0.05) is 13.2 Å². The molecule has 0 radical (unpaired) electrons. The molecule has 2 fully saturated rings. The van der Waals surface area contributed by atoms with Gasteiger partial charge in [0.15, 0.2) is 6.29 Å². The Morgan fingerprint density at radius 2 is 2.17 bits per heavy atom. The van der Waals surface area contributed by atoms with Crippen molar-refractivity contribution < 1.29 is 14.3 Å². The van der Waals surface area contributed by atoms with Gasteiger partial charge in [-0.15, -0.1) is 0 Å². The van der Waals surface area contributed by atoms with E-state index in [1.165, 1.54) is 0 Å². The number of likely N-dealkylation sites (N-methyl/N-ethyl adjacent to an activating group) is 1. The fourth-order valence-electron chi connectivity index (χ4n) is 3.80. The molecule has 0 spiro atoms. The smallest absolute Gasteiger partial charge is 0.243 e. The molecule has 134 valence electrons. The SMILES string of the molecule is CCCOC1CN(C(=O)C2(CC(C)CC)CCCN2C)CCO1. The molecule has 3 unspecified atom stereocenters. The van der Waals surface area contributed by atoms with Crippen LogP contribution in [-0.4, -0.2) is 67.4 Å². The summed E-state index contributed by atoms with van der Waals surface area (Å²) in [6, 6.07) is 0. The summed E-state index contributed by atoms with van der Waals surface area (Å²) in [5.41, 5.74) is -0.317. The van der Waals surface area contributed by atoms with Gasteiger partial charge in [-0.2, -0.15) is 0 Å². The highest BCUT2D eigenvalue weighted by atomic mass is 16.7. The predicted molar refractivity (Wildman–Crippen MR) is 91.2 cm³/mol. The van der Waals surface area contributed by atoms with Gasteiger partial charge in [0.2, 0.25) is 5.91 Å². The maximum absolute atomic E-state index is 13.4. The summed E-state index contributed by atoms with van der Waals surface area (Å²) in [4.78, 5) is 17.6. The maximum atomic E-state index is 13.4. The van der Waals surface area contributed by atoms with Gasteiger partial charge in [0.25, 0.3) is 0 Å². The molecular weight excluding hydrogens is 292 g/mol. The number of amides is 1. The monoisotopic (exact) mass is 326 g/mol.